The summed E-state index contributed by atoms with van der Waals surface area (Å²) in [6, 6.07) is 0.526. The van der Waals surface area contributed by atoms with Crippen molar-refractivity contribution in [3.05, 3.63) is 0 Å². The molecule has 1 rings (SSSR count). The Balaban J connectivity index is 2.35. The first-order chi connectivity index (χ1) is 8.30. The highest BCUT2D eigenvalue weighted by Crippen LogP contribution is 2.21. The Morgan fingerprint density at radius 3 is 2.71 bits per heavy atom. The van der Waals surface area contributed by atoms with Gasteiger partial charge in [0.2, 0.25) is 0 Å². The molecule has 2 atom stereocenters. The van der Waals surface area contributed by atoms with Gasteiger partial charge in [0.25, 0.3) is 0 Å². The zero-order chi connectivity index (χ0) is 12.5. The average Bonchev–Trinajstić information content (AvgIpc) is 2.30. The minimum absolute atomic E-state index is 0.252. The van der Waals surface area contributed by atoms with Crippen molar-refractivity contribution in [2.45, 2.75) is 38.6 Å². The van der Waals surface area contributed by atoms with Gasteiger partial charge in [-0.05, 0) is 31.7 Å². The summed E-state index contributed by atoms with van der Waals surface area (Å²) in [6.07, 6.45) is 4.58. The summed E-state index contributed by atoms with van der Waals surface area (Å²) in [5.74, 6) is 0.756. The number of nitrogens with zero attached hydrogens (tertiary/aromatic N) is 1. The first-order valence-corrected chi connectivity index (χ1v) is 6.97. The molecule has 1 saturated heterocycles. The number of likely N-dealkylation sites (tertiary alicyclic amines) is 1. The minimum Gasteiger partial charge on any atom is -0.396 e. The molecule has 1 heterocycles. The van der Waals surface area contributed by atoms with Crippen molar-refractivity contribution in [2.75, 3.05) is 39.4 Å². The number of β-amino-alcohol motifs (C(OH)–C–C–N with tert-alkyl or cyclic N) is 1. The first-order valence-electron chi connectivity index (χ1n) is 6.97. The highest BCUT2D eigenvalue weighted by Gasteiger charge is 2.25. The van der Waals surface area contributed by atoms with E-state index in [1.54, 1.807) is 0 Å². The number of nitrogens with one attached hydrogen (secondary N) is 1. The summed E-state index contributed by atoms with van der Waals surface area (Å²) in [7, 11) is 0. The van der Waals surface area contributed by atoms with Gasteiger partial charge in [0, 0.05) is 32.3 Å². The van der Waals surface area contributed by atoms with Crippen LogP contribution in [0.5, 0.6) is 0 Å². The maximum atomic E-state index is 9.04. The molecule has 0 bridgehead atoms. The Kier molecular flexibility index (Phi) is 7.77. The third kappa shape index (κ3) is 5.82. The van der Waals surface area contributed by atoms with Crippen LogP contribution >= 0.6 is 0 Å². The largest absolute Gasteiger partial charge is 0.396 e. The molecule has 0 amide bonds. The van der Waals surface area contributed by atoms with Crippen LogP contribution in [0.25, 0.3) is 0 Å². The molecule has 4 heteroatoms. The van der Waals surface area contributed by atoms with Gasteiger partial charge >= 0.3 is 0 Å². The van der Waals surface area contributed by atoms with Crippen molar-refractivity contribution in [2.24, 2.45) is 5.92 Å². The Morgan fingerprint density at radius 1 is 1.24 bits per heavy atom. The molecule has 1 aliphatic rings. The van der Waals surface area contributed by atoms with Crippen LogP contribution in [-0.2, 0) is 0 Å². The lowest BCUT2D eigenvalue weighted by molar-refractivity contribution is 0.111. The van der Waals surface area contributed by atoms with Crippen LogP contribution in [0.3, 0.4) is 0 Å². The minimum atomic E-state index is 0.252. The van der Waals surface area contributed by atoms with E-state index in [0.717, 1.165) is 38.5 Å². The van der Waals surface area contributed by atoms with Crippen molar-refractivity contribution < 1.29 is 10.2 Å². The van der Waals surface area contributed by atoms with E-state index in [2.05, 4.69) is 17.1 Å². The number of hydrogen-bond acceptors (Lipinski definition) is 4. The van der Waals surface area contributed by atoms with Crippen LogP contribution in [0.2, 0.25) is 0 Å². The number of hydrogen-bond donors (Lipinski definition) is 3. The van der Waals surface area contributed by atoms with Gasteiger partial charge in [-0.25, -0.2) is 0 Å². The third-order valence-electron chi connectivity index (χ3n) is 3.49. The van der Waals surface area contributed by atoms with Crippen LogP contribution in [0.4, 0.5) is 0 Å². The van der Waals surface area contributed by atoms with E-state index >= 15 is 0 Å². The second-order valence-electron chi connectivity index (χ2n) is 5.10. The fourth-order valence-corrected chi connectivity index (χ4v) is 2.78. The predicted molar refractivity (Wildman–Crippen MR) is 70.0 cm³/mol. The van der Waals surface area contributed by atoms with Gasteiger partial charge in [-0.1, -0.05) is 13.3 Å². The predicted octanol–water partition coefficient (Wildman–Crippen LogP) is 0.441. The second kappa shape index (κ2) is 8.86. The standard InChI is InChI=1S/C13H28N2O2/c1-2-4-12-9-13(14-5-3-7-16)11-15(10-12)6-8-17/h12-14,16-17H,2-11H2,1H3. The van der Waals surface area contributed by atoms with Crippen molar-refractivity contribution in [3.8, 4) is 0 Å². The molecular formula is C13H28N2O2. The topological polar surface area (TPSA) is 55.7 Å². The molecule has 0 aromatic carbocycles. The number of rotatable bonds is 8. The lowest BCUT2D eigenvalue weighted by Gasteiger charge is -2.38. The fourth-order valence-electron chi connectivity index (χ4n) is 2.78. The van der Waals surface area contributed by atoms with Gasteiger partial charge in [0.1, 0.15) is 0 Å². The quantitative estimate of drug-likeness (QED) is 0.542. The zero-order valence-corrected chi connectivity index (χ0v) is 11.1. The van der Waals surface area contributed by atoms with Crippen LogP contribution in [0.1, 0.15) is 32.6 Å². The lowest BCUT2D eigenvalue weighted by Crippen LogP contribution is -2.50. The maximum Gasteiger partial charge on any atom is 0.0558 e. The Hall–Kier alpha value is -0.160. The number of aliphatic hydroxyl groups excluding tert-OH is 2. The van der Waals surface area contributed by atoms with E-state index in [1.165, 1.54) is 19.3 Å². The van der Waals surface area contributed by atoms with Crippen molar-refractivity contribution in [1.29, 1.82) is 0 Å². The van der Waals surface area contributed by atoms with E-state index in [9.17, 15) is 0 Å². The molecule has 3 N–H and O–H groups in total. The summed E-state index contributed by atoms with van der Waals surface area (Å²) in [4.78, 5) is 2.36. The average molecular weight is 244 g/mol. The van der Waals surface area contributed by atoms with Gasteiger partial charge in [0.15, 0.2) is 0 Å². The Morgan fingerprint density at radius 2 is 2.06 bits per heavy atom. The molecule has 0 aliphatic carbocycles. The monoisotopic (exact) mass is 244 g/mol. The van der Waals surface area contributed by atoms with E-state index in [-0.39, 0.29) is 13.2 Å². The molecule has 1 fully saturated rings. The lowest BCUT2D eigenvalue weighted by atomic mass is 9.90. The van der Waals surface area contributed by atoms with Gasteiger partial charge in [-0.3, -0.25) is 4.90 Å². The van der Waals surface area contributed by atoms with E-state index < -0.39 is 0 Å². The van der Waals surface area contributed by atoms with Gasteiger partial charge in [-0.2, -0.15) is 0 Å². The highest BCUT2D eigenvalue weighted by atomic mass is 16.3. The maximum absolute atomic E-state index is 9.04. The zero-order valence-electron chi connectivity index (χ0n) is 11.1. The van der Waals surface area contributed by atoms with Crippen LogP contribution < -0.4 is 5.32 Å². The smallest absolute Gasteiger partial charge is 0.0558 e. The normalized spacial score (nSPS) is 26.3. The Bertz CT molecular complexity index is 176. The van der Waals surface area contributed by atoms with Gasteiger partial charge < -0.3 is 15.5 Å². The molecule has 0 spiro atoms. The second-order valence-corrected chi connectivity index (χ2v) is 5.10. The van der Waals surface area contributed by atoms with E-state index in [4.69, 9.17) is 10.2 Å². The SMILES string of the molecule is CCCC1CC(NCCCO)CN(CCO)C1. The van der Waals surface area contributed by atoms with Crippen molar-refractivity contribution >= 4 is 0 Å². The van der Waals surface area contributed by atoms with Gasteiger partial charge in [-0.15, -0.1) is 0 Å². The highest BCUT2D eigenvalue weighted by molar-refractivity contribution is 4.83. The summed E-state index contributed by atoms with van der Waals surface area (Å²) in [5, 5.41) is 21.3. The van der Waals surface area contributed by atoms with E-state index in [1.807, 2.05) is 0 Å². The number of aliphatic hydroxyl groups is 2. The van der Waals surface area contributed by atoms with Crippen molar-refractivity contribution in [3.63, 3.8) is 0 Å². The summed E-state index contributed by atoms with van der Waals surface area (Å²) < 4.78 is 0. The van der Waals surface area contributed by atoms with Gasteiger partial charge in [0.05, 0.1) is 6.61 Å². The molecule has 17 heavy (non-hydrogen) atoms. The fraction of sp³-hybridized carbons (Fsp3) is 1.00. The van der Waals surface area contributed by atoms with Crippen LogP contribution in [0.15, 0.2) is 0 Å². The summed E-state index contributed by atoms with van der Waals surface area (Å²) in [6.45, 7) is 6.60. The van der Waals surface area contributed by atoms with Crippen molar-refractivity contribution in [1.82, 2.24) is 10.2 Å². The van der Waals surface area contributed by atoms with Crippen LogP contribution in [0, 0.1) is 5.92 Å². The van der Waals surface area contributed by atoms with Crippen LogP contribution in [-0.4, -0.2) is 60.5 Å². The summed E-state index contributed by atoms with van der Waals surface area (Å²) in [5.41, 5.74) is 0. The molecule has 2 unspecified atom stereocenters. The molecule has 0 saturated carbocycles. The molecule has 0 aromatic rings. The van der Waals surface area contributed by atoms with E-state index in [0.29, 0.717) is 6.04 Å². The first kappa shape index (κ1) is 14.9. The third-order valence-corrected chi connectivity index (χ3v) is 3.49. The molecule has 0 aromatic heterocycles. The molecular weight excluding hydrogens is 216 g/mol. The molecule has 1 aliphatic heterocycles. The summed E-state index contributed by atoms with van der Waals surface area (Å²) >= 11 is 0. The molecule has 0 radical (unpaired) electrons. The number of piperidine rings is 1. The Labute approximate surface area is 105 Å². The molecule has 4 nitrogen and oxygen atoms in total. The molecule has 102 valence electrons.